The van der Waals surface area contributed by atoms with Crippen LogP contribution >= 0.6 is 0 Å². The lowest BCUT2D eigenvalue weighted by atomic mass is 10.00. The van der Waals surface area contributed by atoms with Gasteiger partial charge >= 0.3 is 6.03 Å². The third kappa shape index (κ3) is 3.87. The topological polar surface area (TPSA) is 81.8 Å². The van der Waals surface area contributed by atoms with E-state index in [1.807, 2.05) is 35.2 Å². The number of hydrazine groups is 1. The Kier molecular flexibility index (Phi) is 5.00. The van der Waals surface area contributed by atoms with Gasteiger partial charge < -0.3 is 5.32 Å². The number of hydrogen-bond acceptors (Lipinski definition) is 4. The van der Waals surface area contributed by atoms with Crippen LogP contribution in [0.4, 0.5) is 4.79 Å². The zero-order chi connectivity index (χ0) is 17.0. The van der Waals surface area contributed by atoms with E-state index in [9.17, 15) is 14.4 Å². The number of amides is 4. The van der Waals surface area contributed by atoms with Gasteiger partial charge in [-0.3, -0.25) is 19.9 Å². The smallest absolute Gasteiger partial charge is 0.322 e. The molecule has 1 heterocycles. The van der Waals surface area contributed by atoms with Gasteiger partial charge in [0.05, 0.1) is 6.54 Å². The zero-order valence-corrected chi connectivity index (χ0v) is 13.6. The molecule has 1 unspecified atom stereocenters. The van der Waals surface area contributed by atoms with E-state index in [1.54, 1.807) is 20.9 Å². The van der Waals surface area contributed by atoms with Crippen LogP contribution in [0.1, 0.15) is 25.8 Å². The van der Waals surface area contributed by atoms with E-state index in [0.29, 0.717) is 13.0 Å². The molecule has 124 valence electrons. The molecule has 0 radical (unpaired) electrons. The van der Waals surface area contributed by atoms with Crippen molar-refractivity contribution in [2.24, 2.45) is 0 Å². The number of likely N-dealkylation sites (N-methyl/N-ethyl adjacent to an activating group) is 1. The minimum absolute atomic E-state index is 0.0782. The standard InChI is InChI=1S/C16H22N4O3/c1-4-16(2)14(22)20(15(23)17-16)18-13(21)11-19(3)10-12-8-6-5-7-9-12/h5-9H,4,10-11H2,1-3H3,(H,17,23)(H,18,21). The molecule has 1 aromatic carbocycles. The summed E-state index contributed by atoms with van der Waals surface area (Å²) in [5.41, 5.74) is 2.50. The molecule has 0 aromatic heterocycles. The van der Waals surface area contributed by atoms with E-state index in [1.165, 1.54) is 0 Å². The molecule has 1 saturated heterocycles. The molecule has 1 aliphatic rings. The number of urea groups is 1. The summed E-state index contributed by atoms with van der Waals surface area (Å²) in [6.45, 7) is 4.12. The molecule has 23 heavy (non-hydrogen) atoms. The fourth-order valence-electron chi connectivity index (χ4n) is 2.38. The van der Waals surface area contributed by atoms with Gasteiger partial charge in [-0.2, -0.15) is 5.01 Å². The maximum absolute atomic E-state index is 12.2. The Labute approximate surface area is 135 Å². The quantitative estimate of drug-likeness (QED) is 0.763. The monoisotopic (exact) mass is 318 g/mol. The van der Waals surface area contributed by atoms with E-state index in [2.05, 4.69) is 10.7 Å². The second kappa shape index (κ2) is 6.78. The molecule has 7 heteroatoms. The van der Waals surface area contributed by atoms with Crippen LogP contribution in [0.25, 0.3) is 0 Å². The Hall–Kier alpha value is -2.41. The van der Waals surface area contributed by atoms with Gasteiger partial charge in [-0.1, -0.05) is 37.3 Å². The lowest BCUT2D eigenvalue weighted by Crippen LogP contribution is -2.50. The molecule has 0 saturated carbocycles. The average Bonchev–Trinajstić information content (AvgIpc) is 2.72. The predicted molar refractivity (Wildman–Crippen MR) is 85.0 cm³/mol. The minimum Gasteiger partial charge on any atom is -0.322 e. The summed E-state index contributed by atoms with van der Waals surface area (Å²) in [7, 11) is 1.80. The Morgan fingerprint density at radius 2 is 1.96 bits per heavy atom. The SMILES string of the molecule is CCC1(C)NC(=O)N(NC(=O)CN(C)Cc2ccccc2)C1=O. The summed E-state index contributed by atoms with van der Waals surface area (Å²) in [4.78, 5) is 37.9. The first-order chi connectivity index (χ1) is 10.9. The van der Waals surface area contributed by atoms with Crippen molar-refractivity contribution in [3.8, 4) is 0 Å². The zero-order valence-electron chi connectivity index (χ0n) is 13.6. The highest BCUT2D eigenvalue weighted by Crippen LogP contribution is 2.19. The maximum Gasteiger partial charge on any atom is 0.344 e. The highest BCUT2D eigenvalue weighted by molar-refractivity contribution is 6.07. The highest BCUT2D eigenvalue weighted by Gasteiger charge is 2.47. The molecule has 7 nitrogen and oxygen atoms in total. The number of benzene rings is 1. The Morgan fingerprint density at radius 3 is 2.52 bits per heavy atom. The van der Waals surface area contributed by atoms with Gasteiger partial charge in [0, 0.05) is 6.54 Å². The van der Waals surface area contributed by atoms with Crippen molar-refractivity contribution in [2.45, 2.75) is 32.4 Å². The van der Waals surface area contributed by atoms with Crippen LogP contribution in [0.5, 0.6) is 0 Å². The van der Waals surface area contributed by atoms with Crippen LogP contribution in [0.2, 0.25) is 0 Å². The van der Waals surface area contributed by atoms with Crippen molar-refractivity contribution in [1.82, 2.24) is 20.7 Å². The number of nitrogens with zero attached hydrogens (tertiary/aromatic N) is 2. The van der Waals surface area contributed by atoms with Crippen LogP contribution in [0, 0.1) is 0 Å². The van der Waals surface area contributed by atoms with Crippen molar-refractivity contribution in [3.63, 3.8) is 0 Å². The van der Waals surface area contributed by atoms with Gasteiger partial charge in [0.25, 0.3) is 11.8 Å². The Bertz CT molecular complexity index is 605. The van der Waals surface area contributed by atoms with Crippen LogP contribution < -0.4 is 10.7 Å². The van der Waals surface area contributed by atoms with Crippen LogP contribution in [0.3, 0.4) is 0 Å². The Balaban J connectivity index is 1.90. The van der Waals surface area contributed by atoms with E-state index >= 15 is 0 Å². The van der Waals surface area contributed by atoms with Crippen molar-refractivity contribution < 1.29 is 14.4 Å². The van der Waals surface area contributed by atoms with E-state index < -0.39 is 23.4 Å². The normalized spacial score (nSPS) is 20.8. The minimum atomic E-state index is -0.958. The van der Waals surface area contributed by atoms with Gasteiger partial charge in [0.2, 0.25) is 0 Å². The maximum atomic E-state index is 12.2. The highest BCUT2D eigenvalue weighted by atomic mass is 16.2. The molecule has 0 aliphatic carbocycles. The van der Waals surface area contributed by atoms with E-state index in [4.69, 9.17) is 0 Å². The molecular formula is C16H22N4O3. The third-order valence-electron chi connectivity index (χ3n) is 3.91. The molecule has 2 rings (SSSR count). The number of carbonyl (C=O) groups excluding carboxylic acids is 3. The lowest BCUT2D eigenvalue weighted by molar-refractivity contribution is -0.139. The summed E-state index contributed by atoms with van der Waals surface area (Å²) in [5, 5.41) is 3.35. The fourth-order valence-corrected chi connectivity index (χ4v) is 2.38. The predicted octanol–water partition coefficient (Wildman–Crippen LogP) is 0.870. The van der Waals surface area contributed by atoms with Gasteiger partial charge in [0.1, 0.15) is 5.54 Å². The molecule has 0 spiro atoms. The summed E-state index contributed by atoms with van der Waals surface area (Å²) in [6.07, 6.45) is 0.456. The van der Waals surface area contributed by atoms with Crippen LogP contribution in [0.15, 0.2) is 30.3 Å². The molecule has 1 atom stereocenters. The average molecular weight is 318 g/mol. The second-order valence-electron chi connectivity index (χ2n) is 5.95. The van der Waals surface area contributed by atoms with Crippen molar-refractivity contribution in [1.29, 1.82) is 0 Å². The summed E-state index contributed by atoms with van der Waals surface area (Å²) >= 11 is 0. The Morgan fingerprint density at radius 1 is 1.30 bits per heavy atom. The number of rotatable bonds is 6. The van der Waals surface area contributed by atoms with Crippen molar-refractivity contribution in [3.05, 3.63) is 35.9 Å². The molecule has 1 aromatic rings. The van der Waals surface area contributed by atoms with Crippen LogP contribution in [-0.4, -0.2) is 46.9 Å². The third-order valence-corrected chi connectivity index (χ3v) is 3.91. The first-order valence-corrected chi connectivity index (χ1v) is 7.54. The van der Waals surface area contributed by atoms with Crippen molar-refractivity contribution >= 4 is 17.8 Å². The first-order valence-electron chi connectivity index (χ1n) is 7.54. The summed E-state index contributed by atoms with van der Waals surface area (Å²) in [6, 6.07) is 9.14. The number of hydrogen-bond donors (Lipinski definition) is 2. The van der Waals surface area contributed by atoms with E-state index in [-0.39, 0.29) is 6.54 Å². The van der Waals surface area contributed by atoms with Gasteiger partial charge in [-0.15, -0.1) is 0 Å². The number of carbonyl (C=O) groups is 3. The summed E-state index contributed by atoms with van der Waals surface area (Å²) in [5.74, 6) is -0.851. The first kappa shape index (κ1) is 17.0. The molecule has 1 fully saturated rings. The molecule has 4 amide bonds. The number of imide groups is 1. The van der Waals surface area contributed by atoms with E-state index in [0.717, 1.165) is 10.6 Å². The largest absolute Gasteiger partial charge is 0.344 e. The van der Waals surface area contributed by atoms with Gasteiger partial charge in [-0.25, -0.2) is 4.79 Å². The van der Waals surface area contributed by atoms with Gasteiger partial charge in [0.15, 0.2) is 0 Å². The molecule has 2 N–H and O–H groups in total. The second-order valence-corrected chi connectivity index (χ2v) is 5.95. The van der Waals surface area contributed by atoms with Crippen LogP contribution in [-0.2, 0) is 16.1 Å². The fraction of sp³-hybridized carbons (Fsp3) is 0.438. The lowest BCUT2D eigenvalue weighted by Gasteiger charge is -2.21. The summed E-state index contributed by atoms with van der Waals surface area (Å²) < 4.78 is 0. The van der Waals surface area contributed by atoms with Crippen molar-refractivity contribution in [2.75, 3.05) is 13.6 Å². The molecule has 1 aliphatic heterocycles. The molecular weight excluding hydrogens is 296 g/mol. The van der Waals surface area contributed by atoms with Gasteiger partial charge in [-0.05, 0) is 26.0 Å². The molecule has 0 bridgehead atoms. The number of nitrogens with one attached hydrogen (secondary N) is 2.